The number of rotatable bonds is 6. The van der Waals surface area contributed by atoms with Crippen molar-refractivity contribution in [2.45, 2.75) is 32.6 Å². The minimum absolute atomic E-state index is 0.183. The first-order chi connectivity index (χ1) is 9.47. The Balaban J connectivity index is 3.04. The average Bonchev–Trinajstić information content (AvgIpc) is 2.36. The molecule has 7 heteroatoms. The Morgan fingerprint density at radius 2 is 1.90 bits per heavy atom. The van der Waals surface area contributed by atoms with E-state index < -0.39 is 27.3 Å². The molecule has 0 bridgehead atoms. The summed E-state index contributed by atoms with van der Waals surface area (Å²) < 4.78 is 26.9. The summed E-state index contributed by atoms with van der Waals surface area (Å²) in [5.41, 5.74) is -0.680. The standard InChI is InChI=1S/C14H21NO5S/c1-9(2)14(3,4)8-15-21(19,20)10-5-6-12(16)11(7-10)13(17)18/h5-7,9,15-16H,8H2,1-4H3,(H,17,18). The maximum Gasteiger partial charge on any atom is 0.339 e. The number of carbonyl (C=O) groups is 1. The number of hydrogen-bond donors (Lipinski definition) is 3. The van der Waals surface area contributed by atoms with Crippen molar-refractivity contribution in [2.75, 3.05) is 6.54 Å². The molecule has 0 saturated carbocycles. The second-order valence-corrected chi connectivity index (χ2v) is 7.72. The normalized spacial score (nSPS) is 12.6. The molecule has 21 heavy (non-hydrogen) atoms. The number of aromatic carboxylic acids is 1. The van der Waals surface area contributed by atoms with Gasteiger partial charge in [-0.05, 0) is 29.5 Å². The Kier molecular flexibility index (Phi) is 5.01. The van der Waals surface area contributed by atoms with Crippen LogP contribution in [-0.4, -0.2) is 31.1 Å². The second-order valence-electron chi connectivity index (χ2n) is 5.95. The Morgan fingerprint density at radius 3 is 2.38 bits per heavy atom. The average molecular weight is 315 g/mol. The third kappa shape index (κ3) is 4.18. The number of nitrogens with one attached hydrogen (secondary N) is 1. The van der Waals surface area contributed by atoms with E-state index in [4.69, 9.17) is 5.11 Å². The summed E-state index contributed by atoms with van der Waals surface area (Å²) in [6, 6.07) is 3.18. The molecule has 1 rings (SSSR count). The van der Waals surface area contributed by atoms with E-state index in [1.54, 1.807) is 0 Å². The minimum atomic E-state index is -3.82. The van der Waals surface area contributed by atoms with Gasteiger partial charge in [-0.2, -0.15) is 0 Å². The lowest BCUT2D eigenvalue weighted by atomic mass is 9.81. The zero-order valence-corrected chi connectivity index (χ0v) is 13.4. The van der Waals surface area contributed by atoms with Crippen LogP contribution in [0.2, 0.25) is 0 Å². The molecule has 0 aromatic heterocycles. The number of aromatic hydroxyl groups is 1. The van der Waals surface area contributed by atoms with Gasteiger partial charge in [0.2, 0.25) is 10.0 Å². The molecule has 1 aromatic carbocycles. The van der Waals surface area contributed by atoms with Crippen LogP contribution >= 0.6 is 0 Å². The molecule has 0 aliphatic carbocycles. The van der Waals surface area contributed by atoms with E-state index >= 15 is 0 Å². The van der Waals surface area contributed by atoms with Gasteiger partial charge >= 0.3 is 5.97 Å². The SMILES string of the molecule is CC(C)C(C)(C)CNS(=O)(=O)c1ccc(O)c(C(=O)O)c1. The van der Waals surface area contributed by atoms with E-state index in [0.717, 1.165) is 12.1 Å². The third-order valence-electron chi connectivity index (χ3n) is 3.79. The van der Waals surface area contributed by atoms with Crippen LogP contribution in [0, 0.1) is 11.3 Å². The smallest absolute Gasteiger partial charge is 0.339 e. The van der Waals surface area contributed by atoms with E-state index in [2.05, 4.69) is 4.72 Å². The fourth-order valence-electron chi connectivity index (χ4n) is 1.42. The number of hydrogen-bond acceptors (Lipinski definition) is 4. The van der Waals surface area contributed by atoms with Gasteiger partial charge in [-0.25, -0.2) is 17.9 Å². The number of phenols is 1. The summed E-state index contributed by atoms with van der Waals surface area (Å²) in [5, 5.41) is 18.3. The molecular formula is C14H21NO5S. The van der Waals surface area contributed by atoms with Crippen molar-refractivity contribution in [3.05, 3.63) is 23.8 Å². The van der Waals surface area contributed by atoms with Gasteiger partial charge in [0.1, 0.15) is 11.3 Å². The first kappa shape index (κ1) is 17.5. The van der Waals surface area contributed by atoms with Crippen LogP contribution in [0.3, 0.4) is 0 Å². The highest BCUT2D eigenvalue weighted by Gasteiger charge is 2.26. The maximum absolute atomic E-state index is 12.2. The van der Waals surface area contributed by atoms with E-state index in [1.807, 2.05) is 27.7 Å². The number of carboxylic acids is 1. The molecule has 0 atom stereocenters. The van der Waals surface area contributed by atoms with Gasteiger partial charge in [-0.3, -0.25) is 0 Å². The molecule has 1 aromatic rings. The van der Waals surface area contributed by atoms with Gasteiger partial charge in [0.05, 0.1) is 4.90 Å². The summed E-state index contributed by atoms with van der Waals surface area (Å²) in [4.78, 5) is 10.7. The predicted molar refractivity (Wildman–Crippen MR) is 78.9 cm³/mol. The van der Waals surface area contributed by atoms with Crippen LogP contribution in [0.5, 0.6) is 5.75 Å². The summed E-state index contributed by atoms with van der Waals surface area (Å²) in [7, 11) is -3.82. The summed E-state index contributed by atoms with van der Waals surface area (Å²) in [6.45, 7) is 8.12. The molecule has 0 spiro atoms. The van der Waals surface area contributed by atoms with Gasteiger partial charge < -0.3 is 10.2 Å². The highest BCUT2D eigenvalue weighted by Crippen LogP contribution is 2.26. The van der Waals surface area contributed by atoms with Crippen molar-refractivity contribution in [1.82, 2.24) is 4.72 Å². The Labute approximate surface area is 124 Å². The molecule has 0 radical (unpaired) electrons. The molecule has 3 N–H and O–H groups in total. The van der Waals surface area contributed by atoms with Crippen molar-refractivity contribution in [3.8, 4) is 5.75 Å². The van der Waals surface area contributed by atoms with Crippen molar-refractivity contribution in [1.29, 1.82) is 0 Å². The fraction of sp³-hybridized carbons (Fsp3) is 0.500. The first-order valence-corrected chi connectivity index (χ1v) is 8.01. The molecule has 0 unspecified atom stereocenters. The van der Waals surface area contributed by atoms with Crippen molar-refractivity contribution in [2.24, 2.45) is 11.3 Å². The monoisotopic (exact) mass is 315 g/mol. The van der Waals surface area contributed by atoms with E-state index in [-0.39, 0.29) is 22.8 Å². The molecule has 0 amide bonds. The zero-order chi connectivity index (χ0) is 16.4. The van der Waals surface area contributed by atoms with Crippen LogP contribution in [-0.2, 0) is 10.0 Å². The van der Waals surface area contributed by atoms with Crippen LogP contribution in [0.4, 0.5) is 0 Å². The highest BCUT2D eigenvalue weighted by atomic mass is 32.2. The number of carboxylic acid groups (broad SMARTS) is 1. The molecule has 6 nitrogen and oxygen atoms in total. The highest BCUT2D eigenvalue weighted by molar-refractivity contribution is 7.89. The van der Waals surface area contributed by atoms with E-state index in [9.17, 15) is 18.3 Å². The van der Waals surface area contributed by atoms with Crippen LogP contribution in [0.15, 0.2) is 23.1 Å². The molecule has 0 aliphatic heterocycles. The molecule has 0 fully saturated rings. The van der Waals surface area contributed by atoms with Crippen molar-refractivity contribution in [3.63, 3.8) is 0 Å². The Morgan fingerprint density at radius 1 is 1.33 bits per heavy atom. The largest absolute Gasteiger partial charge is 0.507 e. The van der Waals surface area contributed by atoms with Gasteiger partial charge in [0.15, 0.2) is 0 Å². The fourth-order valence-corrected chi connectivity index (χ4v) is 2.67. The zero-order valence-electron chi connectivity index (χ0n) is 12.5. The second kappa shape index (κ2) is 6.03. The predicted octanol–water partition coefficient (Wildman–Crippen LogP) is 2.05. The Hall–Kier alpha value is -1.60. The van der Waals surface area contributed by atoms with Crippen LogP contribution in [0.1, 0.15) is 38.1 Å². The molecule has 0 aliphatic rings. The quantitative estimate of drug-likeness (QED) is 0.745. The molecule has 118 valence electrons. The molecular weight excluding hydrogens is 294 g/mol. The first-order valence-electron chi connectivity index (χ1n) is 6.53. The van der Waals surface area contributed by atoms with Crippen molar-refractivity contribution >= 4 is 16.0 Å². The summed E-state index contributed by atoms with van der Waals surface area (Å²) >= 11 is 0. The molecule has 0 heterocycles. The van der Waals surface area contributed by atoms with Gasteiger partial charge in [0.25, 0.3) is 0 Å². The lowest BCUT2D eigenvalue weighted by molar-refractivity contribution is 0.0693. The summed E-state index contributed by atoms with van der Waals surface area (Å²) in [5.74, 6) is -1.58. The van der Waals surface area contributed by atoms with E-state index in [0.29, 0.717) is 0 Å². The summed E-state index contributed by atoms with van der Waals surface area (Å²) in [6.07, 6.45) is 0. The van der Waals surface area contributed by atoms with Gasteiger partial charge in [-0.15, -0.1) is 0 Å². The number of sulfonamides is 1. The van der Waals surface area contributed by atoms with Crippen molar-refractivity contribution < 1.29 is 23.4 Å². The third-order valence-corrected chi connectivity index (χ3v) is 5.19. The van der Waals surface area contributed by atoms with Crippen LogP contribution in [0.25, 0.3) is 0 Å². The molecule has 0 saturated heterocycles. The van der Waals surface area contributed by atoms with E-state index in [1.165, 1.54) is 6.07 Å². The maximum atomic E-state index is 12.2. The number of benzene rings is 1. The lowest BCUT2D eigenvalue weighted by Gasteiger charge is -2.29. The topological polar surface area (TPSA) is 104 Å². The minimum Gasteiger partial charge on any atom is -0.507 e. The van der Waals surface area contributed by atoms with Crippen LogP contribution < -0.4 is 4.72 Å². The van der Waals surface area contributed by atoms with Gasteiger partial charge in [0, 0.05) is 6.54 Å². The lowest BCUT2D eigenvalue weighted by Crippen LogP contribution is -2.37. The van der Waals surface area contributed by atoms with Gasteiger partial charge in [-0.1, -0.05) is 27.7 Å². The Bertz CT molecular complexity index is 635.